The summed E-state index contributed by atoms with van der Waals surface area (Å²) in [5, 5.41) is 0. The lowest BCUT2D eigenvalue weighted by molar-refractivity contribution is -0.117. The lowest BCUT2D eigenvalue weighted by Gasteiger charge is -2.14. The molecule has 0 saturated carbocycles. The summed E-state index contributed by atoms with van der Waals surface area (Å²) in [6, 6.07) is 7.92. The highest BCUT2D eigenvalue weighted by Crippen LogP contribution is 2.36. The molecule has 0 fully saturated rings. The van der Waals surface area contributed by atoms with Crippen molar-refractivity contribution in [1.82, 2.24) is 0 Å². The molecular formula is C17H20O2. The number of para-hydroxylation sites is 1. The Labute approximate surface area is 114 Å². The molecule has 19 heavy (non-hydrogen) atoms. The lowest BCUT2D eigenvalue weighted by Crippen LogP contribution is -2.17. The second kappa shape index (κ2) is 5.60. The van der Waals surface area contributed by atoms with E-state index in [0.717, 1.165) is 36.1 Å². The van der Waals surface area contributed by atoms with Gasteiger partial charge in [-0.2, -0.15) is 0 Å². The topological polar surface area (TPSA) is 26.3 Å². The molecule has 1 atom stereocenters. The van der Waals surface area contributed by atoms with E-state index in [1.807, 2.05) is 24.3 Å². The zero-order valence-corrected chi connectivity index (χ0v) is 11.2. The van der Waals surface area contributed by atoms with Gasteiger partial charge in [0, 0.05) is 5.56 Å². The van der Waals surface area contributed by atoms with Crippen LogP contribution in [-0.4, -0.2) is 12.4 Å². The first-order valence-corrected chi connectivity index (χ1v) is 7.31. The summed E-state index contributed by atoms with van der Waals surface area (Å²) in [6.45, 7) is 0.509. The van der Waals surface area contributed by atoms with Gasteiger partial charge in [0.1, 0.15) is 12.4 Å². The third kappa shape index (κ3) is 2.58. The van der Waals surface area contributed by atoms with Crippen molar-refractivity contribution < 1.29 is 9.53 Å². The molecule has 0 N–H and O–H groups in total. The van der Waals surface area contributed by atoms with Crippen LogP contribution in [0.2, 0.25) is 0 Å². The van der Waals surface area contributed by atoms with Gasteiger partial charge >= 0.3 is 0 Å². The summed E-state index contributed by atoms with van der Waals surface area (Å²) in [4.78, 5) is 12.7. The molecule has 1 aliphatic carbocycles. The molecule has 100 valence electrons. The maximum atomic E-state index is 12.7. The highest BCUT2D eigenvalue weighted by atomic mass is 16.5. The Bertz CT molecular complexity index is 502. The monoisotopic (exact) mass is 256 g/mol. The minimum absolute atomic E-state index is 0.0816. The van der Waals surface area contributed by atoms with Gasteiger partial charge in [-0.15, -0.1) is 0 Å². The fraction of sp³-hybridized carbons (Fsp3) is 0.471. The first-order valence-electron chi connectivity index (χ1n) is 7.31. The minimum Gasteiger partial charge on any atom is -0.492 e. The smallest absolute Gasteiger partial charge is 0.169 e. The number of Topliss-reactive ketones (excluding diaryl/α,β-unsaturated/α-hetero) is 1. The van der Waals surface area contributed by atoms with Crippen molar-refractivity contribution in [2.45, 2.75) is 44.4 Å². The Balaban J connectivity index is 1.81. The summed E-state index contributed by atoms with van der Waals surface area (Å²) < 4.78 is 5.63. The molecule has 0 saturated heterocycles. The van der Waals surface area contributed by atoms with Crippen LogP contribution in [0.4, 0.5) is 0 Å². The predicted molar refractivity (Wildman–Crippen MR) is 75.5 cm³/mol. The summed E-state index contributed by atoms with van der Waals surface area (Å²) in [6.07, 6.45) is 9.08. The third-order valence-corrected chi connectivity index (χ3v) is 4.12. The highest BCUT2D eigenvalue weighted by molar-refractivity contribution is 6.01. The van der Waals surface area contributed by atoms with E-state index in [2.05, 4.69) is 6.08 Å². The van der Waals surface area contributed by atoms with E-state index < -0.39 is 0 Å². The van der Waals surface area contributed by atoms with E-state index in [1.165, 1.54) is 19.3 Å². The molecular weight excluding hydrogens is 236 g/mol. The summed E-state index contributed by atoms with van der Waals surface area (Å²) >= 11 is 0. The number of allylic oxidation sites excluding steroid dienone is 2. The van der Waals surface area contributed by atoms with Gasteiger partial charge in [0.25, 0.3) is 0 Å². The summed E-state index contributed by atoms with van der Waals surface area (Å²) in [7, 11) is 0. The Morgan fingerprint density at radius 2 is 1.95 bits per heavy atom. The van der Waals surface area contributed by atoms with Crippen LogP contribution in [0.1, 0.15) is 50.0 Å². The molecule has 0 spiro atoms. The molecule has 1 heterocycles. The second-order valence-corrected chi connectivity index (χ2v) is 5.45. The average Bonchev–Trinajstić information content (AvgIpc) is 2.81. The first-order chi connectivity index (χ1) is 9.36. The number of hydrogen-bond donors (Lipinski definition) is 0. The van der Waals surface area contributed by atoms with Gasteiger partial charge < -0.3 is 4.74 Å². The van der Waals surface area contributed by atoms with Crippen molar-refractivity contribution in [1.29, 1.82) is 0 Å². The lowest BCUT2D eigenvalue weighted by atomic mass is 9.88. The van der Waals surface area contributed by atoms with Crippen LogP contribution >= 0.6 is 0 Å². The van der Waals surface area contributed by atoms with Crippen molar-refractivity contribution in [2.75, 3.05) is 6.61 Å². The Kier molecular flexibility index (Phi) is 3.67. The summed E-state index contributed by atoms with van der Waals surface area (Å²) in [5.74, 6) is 1.08. The third-order valence-electron chi connectivity index (χ3n) is 4.12. The van der Waals surface area contributed by atoms with Gasteiger partial charge in [-0.1, -0.05) is 37.1 Å². The molecule has 0 bridgehead atoms. The van der Waals surface area contributed by atoms with Gasteiger partial charge in [0.05, 0.1) is 5.92 Å². The number of benzene rings is 1. The van der Waals surface area contributed by atoms with E-state index in [4.69, 9.17) is 4.74 Å². The van der Waals surface area contributed by atoms with Crippen LogP contribution in [0.3, 0.4) is 0 Å². The Morgan fingerprint density at radius 1 is 1.11 bits per heavy atom. The Hall–Kier alpha value is -1.57. The van der Waals surface area contributed by atoms with E-state index in [1.54, 1.807) is 0 Å². The fourth-order valence-electron chi connectivity index (χ4n) is 3.02. The van der Waals surface area contributed by atoms with Crippen molar-refractivity contribution in [3.63, 3.8) is 0 Å². The van der Waals surface area contributed by atoms with Crippen LogP contribution in [0, 0.1) is 0 Å². The van der Waals surface area contributed by atoms with Crippen LogP contribution in [0.15, 0.2) is 35.9 Å². The van der Waals surface area contributed by atoms with Gasteiger partial charge in [-0.3, -0.25) is 4.79 Å². The molecule has 1 aliphatic heterocycles. The van der Waals surface area contributed by atoms with E-state index in [-0.39, 0.29) is 11.7 Å². The number of carbonyl (C=O) groups is 1. The van der Waals surface area contributed by atoms with Gasteiger partial charge in [0.2, 0.25) is 0 Å². The molecule has 0 radical (unpaired) electrons. The van der Waals surface area contributed by atoms with Crippen molar-refractivity contribution in [3.05, 3.63) is 41.5 Å². The number of ketones is 1. The maximum Gasteiger partial charge on any atom is 0.169 e. The zero-order chi connectivity index (χ0) is 13.1. The first kappa shape index (κ1) is 12.5. The SMILES string of the molecule is O=C(/C1=C/CCCCCC1)C1COc2ccccc21. The maximum absolute atomic E-state index is 12.7. The van der Waals surface area contributed by atoms with Crippen LogP contribution in [0.5, 0.6) is 5.75 Å². The number of ether oxygens (including phenoxy) is 1. The molecule has 2 heteroatoms. The van der Waals surface area contributed by atoms with E-state index >= 15 is 0 Å². The fourth-order valence-corrected chi connectivity index (χ4v) is 3.02. The van der Waals surface area contributed by atoms with Gasteiger partial charge in [-0.25, -0.2) is 0 Å². The van der Waals surface area contributed by atoms with Gasteiger partial charge in [0.15, 0.2) is 5.78 Å². The van der Waals surface area contributed by atoms with E-state index in [9.17, 15) is 4.79 Å². The molecule has 1 aromatic carbocycles. The zero-order valence-electron chi connectivity index (χ0n) is 11.2. The highest BCUT2D eigenvalue weighted by Gasteiger charge is 2.31. The van der Waals surface area contributed by atoms with Gasteiger partial charge in [-0.05, 0) is 37.3 Å². The minimum atomic E-state index is -0.0816. The van der Waals surface area contributed by atoms with E-state index in [0.29, 0.717) is 6.61 Å². The standard InChI is InChI=1S/C17H20O2/c18-17(13-8-4-2-1-3-5-9-13)15-12-19-16-11-7-6-10-14(15)16/h6-8,10-11,15H,1-5,9,12H2/b13-8+. The van der Waals surface area contributed by atoms with Crippen molar-refractivity contribution >= 4 is 5.78 Å². The molecule has 0 aromatic heterocycles. The summed E-state index contributed by atoms with van der Waals surface area (Å²) in [5.41, 5.74) is 2.10. The molecule has 0 amide bonds. The number of hydrogen-bond acceptors (Lipinski definition) is 2. The predicted octanol–water partition coefficient (Wildman–Crippen LogP) is 4.01. The van der Waals surface area contributed by atoms with Crippen molar-refractivity contribution in [3.8, 4) is 5.75 Å². The quantitative estimate of drug-likeness (QED) is 0.799. The Morgan fingerprint density at radius 3 is 2.89 bits per heavy atom. The molecule has 2 nitrogen and oxygen atoms in total. The molecule has 1 aromatic rings. The number of fused-ring (bicyclic) bond motifs is 1. The van der Waals surface area contributed by atoms with Crippen LogP contribution < -0.4 is 4.74 Å². The average molecular weight is 256 g/mol. The van der Waals surface area contributed by atoms with Crippen molar-refractivity contribution in [2.24, 2.45) is 0 Å². The molecule has 3 rings (SSSR count). The van der Waals surface area contributed by atoms with Crippen LogP contribution in [-0.2, 0) is 4.79 Å². The molecule has 1 unspecified atom stereocenters. The molecule has 2 aliphatic rings. The normalized spacial score (nSPS) is 25.5. The largest absolute Gasteiger partial charge is 0.492 e. The van der Waals surface area contributed by atoms with Crippen LogP contribution in [0.25, 0.3) is 0 Å². The number of rotatable bonds is 2. The second-order valence-electron chi connectivity index (χ2n) is 5.45. The number of carbonyl (C=O) groups excluding carboxylic acids is 1.